The van der Waals surface area contributed by atoms with Gasteiger partial charge >= 0.3 is 5.97 Å². The maximum Gasteiger partial charge on any atom is 0.310 e. The van der Waals surface area contributed by atoms with Crippen LogP contribution in [0.4, 0.5) is 0 Å². The minimum absolute atomic E-state index is 0.0258. The summed E-state index contributed by atoms with van der Waals surface area (Å²) in [6.07, 6.45) is 21.5. The third-order valence-electron chi connectivity index (χ3n) is 9.66. The molecule has 1 aromatic carbocycles. The molecule has 1 saturated heterocycles. The number of amides is 1. The molecular weight excluding hydrogens is 534 g/mol. The van der Waals surface area contributed by atoms with E-state index in [9.17, 15) is 9.59 Å². The van der Waals surface area contributed by atoms with Crippen LogP contribution in [0.15, 0.2) is 57.7 Å². The Morgan fingerprint density at radius 3 is 2.51 bits per heavy atom. The number of aryl methyl sites for hydroxylation is 1. The van der Waals surface area contributed by atoms with E-state index in [0.717, 1.165) is 47.3 Å². The van der Waals surface area contributed by atoms with Gasteiger partial charge in [0.05, 0.1) is 12.5 Å². The molecule has 6 heteroatoms. The number of carboxylic acid groups (broad SMARTS) is 1. The number of carbonyl (C=O) groups excluding carboxylic acids is 1. The van der Waals surface area contributed by atoms with E-state index in [4.69, 9.17) is 10.1 Å². The molecular formula is C37H55N3O3. The van der Waals surface area contributed by atoms with Crippen LogP contribution in [0, 0.1) is 23.7 Å². The minimum Gasteiger partial charge on any atom is -0.481 e. The van der Waals surface area contributed by atoms with Gasteiger partial charge in [-0.2, -0.15) is 0 Å². The van der Waals surface area contributed by atoms with Gasteiger partial charge in [-0.05, 0) is 73.3 Å². The maximum absolute atomic E-state index is 12.3. The summed E-state index contributed by atoms with van der Waals surface area (Å²) in [5.74, 6) is 1.20. The molecule has 1 aliphatic heterocycles. The molecule has 3 unspecified atom stereocenters. The van der Waals surface area contributed by atoms with E-state index >= 15 is 0 Å². The van der Waals surface area contributed by atoms with Gasteiger partial charge in [0.1, 0.15) is 0 Å². The van der Waals surface area contributed by atoms with Crippen molar-refractivity contribution in [3.05, 3.63) is 58.8 Å². The summed E-state index contributed by atoms with van der Waals surface area (Å²) in [5.41, 5.74) is 4.63. The van der Waals surface area contributed by atoms with Crippen molar-refractivity contribution in [1.82, 2.24) is 4.90 Å². The van der Waals surface area contributed by atoms with Gasteiger partial charge in [0, 0.05) is 37.5 Å². The Balaban J connectivity index is 1.46. The first-order chi connectivity index (χ1) is 20.8. The molecule has 0 bridgehead atoms. The minimum atomic E-state index is -0.820. The highest BCUT2D eigenvalue weighted by molar-refractivity contribution is 5.84. The van der Waals surface area contributed by atoms with Gasteiger partial charge < -0.3 is 10.0 Å². The number of hydrogen-bond donors (Lipinski definition) is 1. The van der Waals surface area contributed by atoms with E-state index in [1.807, 2.05) is 12.4 Å². The Bertz CT molecular complexity index is 1110. The molecule has 1 fully saturated rings. The molecule has 6 nitrogen and oxygen atoms in total. The molecule has 3 atom stereocenters. The van der Waals surface area contributed by atoms with E-state index in [-0.39, 0.29) is 5.91 Å². The fourth-order valence-corrected chi connectivity index (χ4v) is 6.42. The highest BCUT2D eigenvalue weighted by Crippen LogP contribution is 2.34. The van der Waals surface area contributed by atoms with Gasteiger partial charge in [0.15, 0.2) is 0 Å². The highest BCUT2D eigenvalue weighted by Gasteiger charge is 2.35. The number of likely N-dealkylation sites (tertiary alicyclic amines) is 1. The normalized spacial score (nSPS) is 19.4. The molecule has 1 N–H and O–H groups in total. The van der Waals surface area contributed by atoms with Gasteiger partial charge in [-0.25, -0.2) is 0 Å². The molecule has 2 aliphatic rings. The number of nitrogens with zero attached hydrogens (tertiary/aromatic N) is 3. The summed E-state index contributed by atoms with van der Waals surface area (Å²) in [6.45, 7) is 12.1. The number of carboxylic acids is 1. The van der Waals surface area contributed by atoms with Crippen LogP contribution in [0.3, 0.4) is 0 Å². The number of hydrogen-bond acceptors (Lipinski definition) is 4. The number of allylic oxidation sites excluding steroid dienone is 3. The number of carbonyl (C=O) groups is 2. The van der Waals surface area contributed by atoms with Crippen LogP contribution in [-0.4, -0.2) is 47.9 Å². The Hall–Kier alpha value is -3.02. The average Bonchev–Trinajstić information content (AvgIpc) is 3.23. The van der Waals surface area contributed by atoms with E-state index in [1.165, 1.54) is 63.4 Å². The molecule has 0 radical (unpaired) electrons. The van der Waals surface area contributed by atoms with Crippen molar-refractivity contribution in [3.63, 3.8) is 0 Å². The first kappa shape index (κ1) is 34.5. The highest BCUT2D eigenvalue weighted by atomic mass is 16.4. The van der Waals surface area contributed by atoms with Gasteiger partial charge in [-0.15, -0.1) is 0 Å². The largest absolute Gasteiger partial charge is 0.481 e. The van der Waals surface area contributed by atoms with Crippen LogP contribution < -0.4 is 0 Å². The smallest absolute Gasteiger partial charge is 0.310 e. The third kappa shape index (κ3) is 11.5. The van der Waals surface area contributed by atoms with Gasteiger partial charge in [-0.1, -0.05) is 96.1 Å². The first-order valence-electron chi connectivity index (χ1n) is 16.8. The van der Waals surface area contributed by atoms with Crippen LogP contribution >= 0.6 is 0 Å². The second-order valence-electron chi connectivity index (χ2n) is 12.8. The maximum atomic E-state index is 12.3. The van der Waals surface area contributed by atoms with Crippen molar-refractivity contribution in [2.75, 3.05) is 13.1 Å². The zero-order valence-electron chi connectivity index (χ0n) is 27.0. The molecule has 43 heavy (non-hydrogen) atoms. The van der Waals surface area contributed by atoms with Crippen molar-refractivity contribution in [2.24, 2.45) is 33.7 Å². The Kier molecular flexibility index (Phi) is 14.9. The second-order valence-corrected chi connectivity index (χ2v) is 12.8. The van der Waals surface area contributed by atoms with Gasteiger partial charge in [0.2, 0.25) is 5.91 Å². The SMILES string of the molecule is C=N/C=C(\C=N/Cc1ccc(CCC(=O)N2CC(C(=O)O)C2)cc1)C1=CCC(C(C)CCC(CC)CCCCC)CCC1. The number of aliphatic imine (C=N–C) groups is 2. The fourth-order valence-electron chi connectivity index (χ4n) is 6.42. The van der Waals surface area contributed by atoms with E-state index in [0.29, 0.717) is 32.5 Å². The predicted molar refractivity (Wildman–Crippen MR) is 179 cm³/mol. The molecule has 0 saturated carbocycles. The lowest BCUT2D eigenvalue weighted by atomic mass is 9.82. The standard InChI is InChI=1S/C37H55N3O3/c1-5-7-8-10-29(6-2)14-13-28(3)32-11-9-12-33(21-20-32)34(24-38-4)25-39-23-31-17-15-30(16-18-31)19-22-36(41)40-26-35(27-40)37(42)43/h15-18,21,24-25,28-29,32,35H,4-14,19-20,22-23,26-27H2,1-3H3,(H,42,43)/b34-24+,39-25-. The lowest BCUT2D eigenvalue weighted by Gasteiger charge is -2.36. The first-order valence-corrected chi connectivity index (χ1v) is 16.8. The lowest BCUT2D eigenvalue weighted by molar-refractivity contribution is -0.152. The Morgan fingerprint density at radius 1 is 1.09 bits per heavy atom. The summed E-state index contributed by atoms with van der Waals surface area (Å²) >= 11 is 0. The van der Waals surface area contributed by atoms with E-state index in [1.54, 1.807) is 4.90 Å². The molecule has 236 valence electrons. The van der Waals surface area contributed by atoms with Crippen molar-refractivity contribution in [3.8, 4) is 0 Å². The number of rotatable bonds is 18. The molecule has 1 amide bonds. The Labute approximate surface area is 260 Å². The number of aliphatic carboxylic acids is 1. The van der Waals surface area contributed by atoms with Crippen LogP contribution in [0.25, 0.3) is 0 Å². The van der Waals surface area contributed by atoms with Crippen molar-refractivity contribution >= 4 is 24.8 Å². The molecule has 0 aromatic heterocycles. The number of benzene rings is 1. The summed E-state index contributed by atoms with van der Waals surface area (Å²) in [7, 11) is 0. The molecule has 0 spiro atoms. The zero-order valence-corrected chi connectivity index (χ0v) is 27.0. The van der Waals surface area contributed by atoms with Crippen molar-refractivity contribution in [2.45, 2.75) is 111 Å². The average molecular weight is 590 g/mol. The molecule has 1 aromatic rings. The van der Waals surface area contributed by atoms with Crippen LogP contribution in [0.5, 0.6) is 0 Å². The zero-order chi connectivity index (χ0) is 31.0. The van der Waals surface area contributed by atoms with Crippen LogP contribution in [0.2, 0.25) is 0 Å². The van der Waals surface area contributed by atoms with E-state index < -0.39 is 11.9 Å². The fraction of sp³-hybridized carbons (Fsp3) is 0.622. The molecule has 1 heterocycles. The number of unbranched alkanes of at least 4 members (excludes halogenated alkanes) is 2. The third-order valence-corrected chi connectivity index (χ3v) is 9.66. The monoisotopic (exact) mass is 589 g/mol. The van der Waals surface area contributed by atoms with Gasteiger partial charge in [-0.3, -0.25) is 19.6 Å². The summed E-state index contributed by atoms with van der Waals surface area (Å²) in [4.78, 5) is 33.7. The van der Waals surface area contributed by atoms with Gasteiger partial charge in [0.25, 0.3) is 0 Å². The molecule has 3 rings (SSSR count). The van der Waals surface area contributed by atoms with Crippen LogP contribution in [-0.2, 0) is 22.6 Å². The second kappa shape index (κ2) is 18.6. The summed E-state index contributed by atoms with van der Waals surface area (Å²) in [5, 5.41) is 8.99. The lowest BCUT2D eigenvalue weighted by Crippen LogP contribution is -2.53. The molecule has 1 aliphatic carbocycles. The topological polar surface area (TPSA) is 82.3 Å². The van der Waals surface area contributed by atoms with Crippen molar-refractivity contribution < 1.29 is 14.7 Å². The summed E-state index contributed by atoms with van der Waals surface area (Å²) in [6, 6.07) is 8.25. The van der Waals surface area contributed by atoms with Crippen LogP contribution in [0.1, 0.15) is 109 Å². The Morgan fingerprint density at radius 2 is 1.84 bits per heavy atom. The van der Waals surface area contributed by atoms with Crippen molar-refractivity contribution in [1.29, 1.82) is 0 Å². The van der Waals surface area contributed by atoms with E-state index in [2.05, 4.69) is 62.8 Å². The quantitative estimate of drug-likeness (QED) is 0.138. The summed E-state index contributed by atoms with van der Waals surface area (Å²) < 4.78 is 0. The predicted octanol–water partition coefficient (Wildman–Crippen LogP) is 8.46.